The first-order valence-corrected chi connectivity index (χ1v) is 7.73. The van der Waals surface area contributed by atoms with Gasteiger partial charge in [0.05, 0.1) is 0 Å². The molecule has 19 heavy (non-hydrogen) atoms. The van der Waals surface area contributed by atoms with Gasteiger partial charge in [0.2, 0.25) is 0 Å². The summed E-state index contributed by atoms with van der Waals surface area (Å²) in [4.78, 5) is 2.54. The SMILES string of the molecule is CCN1CCC(C(C)Nc2cc(Cl)ccc2C)CC1. The van der Waals surface area contributed by atoms with Gasteiger partial charge in [-0.05, 0) is 69.9 Å². The van der Waals surface area contributed by atoms with Crippen LogP contribution in [0.2, 0.25) is 5.02 Å². The minimum absolute atomic E-state index is 0.510. The summed E-state index contributed by atoms with van der Waals surface area (Å²) in [7, 11) is 0. The van der Waals surface area contributed by atoms with E-state index >= 15 is 0 Å². The number of rotatable bonds is 4. The van der Waals surface area contributed by atoms with Crippen LogP contribution in [0.1, 0.15) is 32.3 Å². The van der Waals surface area contributed by atoms with Crippen LogP contribution >= 0.6 is 11.6 Å². The van der Waals surface area contributed by atoms with Crippen molar-refractivity contribution in [1.82, 2.24) is 4.90 Å². The van der Waals surface area contributed by atoms with Crippen LogP contribution in [0.5, 0.6) is 0 Å². The van der Waals surface area contributed by atoms with E-state index in [0.29, 0.717) is 6.04 Å². The number of halogens is 1. The lowest BCUT2D eigenvalue weighted by Crippen LogP contribution is -2.39. The van der Waals surface area contributed by atoms with E-state index in [9.17, 15) is 0 Å². The van der Waals surface area contributed by atoms with Gasteiger partial charge in [-0.3, -0.25) is 0 Å². The second-order valence-corrected chi connectivity index (χ2v) is 6.10. The molecule has 3 heteroatoms. The van der Waals surface area contributed by atoms with Crippen molar-refractivity contribution < 1.29 is 0 Å². The van der Waals surface area contributed by atoms with Crippen LogP contribution in [0, 0.1) is 12.8 Å². The third-order valence-electron chi connectivity index (χ3n) is 4.37. The summed E-state index contributed by atoms with van der Waals surface area (Å²) in [6, 6.07) is 6.58. The van der Waals surface area contributed by atoms with Gasteiger partial charge in [-0.2, -0.15) is 0 Å². The van der Waals surface area contributed by atoms with Crippen molar-refractivity contribution in [3.63, 3.8) is 0 Å². The van der Waals surface area contributed by atoms with E-state index in [1.165, 1.54) is 43.7 Å². The third kappa shape index (κ3) is 3.87. The molecule has 1 aromatic rings. The first-order chi connectivity index (χ1) is 9.10. The molecule has 106 valence electrons. The molecule has 0 aliphatic carbocycles. The molecule has 0 spiro atoms. The summed E-state index contributed by atoms with van der Waals surface area (Å²) in [5.41, 5.74) is 2.44. The van der Waals surface area contributed by atoms with Gasteiger partial charge in [-0.25, -0.2) is 0 Å². The van der Waals surface area contributed by atoms with Gasteiger partial charge in [0.15, 0.2) is 0 Å². The lowest BCUT2D eigenvalue weighted by molar-refractivity contribution is 0.183. The molecule has 1 saturated heterocycles. The maximum absolute atomic E-state index is 6.08. The van der Waals surface area contributed by atoms with Crippen LogP contribution in [0.15, 0.2) is 18.2 Å². The van der Waals surface area contributed by atoms with E-state index in [-0.39, 0.29) is 0 Å². The number of hydrogen-bond acceptors (Lipinski definition) is 2. The highest BCUT2D eigenvalue weighted by atomic mass is 35.5. The van der Waals surface area contributed by atoms with Crippen LogP contribution in [-0.2, 0) is 0 Å². The topological polar surface area (TPSA) is 15.3 Å². The Kier molecular flexibility index (Phi) is 5.12. The Bertz CT molecular complexity index is 411. The number of nitrogens with zero attached hydrogens (tertiary/aromatic N) is 1. The highest BCUT2D eigenvalue weighted by Gasteiger charge is 2.23. The molecule has 0 radical (unpaired) electrons. The lowest BCUT2D eigenvalue weighted by atomic mass is 9.90. The summed E-state index contributed by atoms with van der Waals surface area (Å²) in [6.07, 6.45) is 2.59. The van der Waals surface area contributed by atoms with Crippen molar-refractivity contribution in [2.24, 2.45) is 5.92 Å². The largest absolute Gasteiger partial charge is 0.382 e. The minimum atomic E-state index is 0.510. The molecule has 1 heterocycles. The maximum atomic E-state index is 6.08. The average Bonchev–Trinajstić information content (AvgIpc) is 2.43. The normalized spacial score (nSPS) is 19.4. The third-order valence-corrected chi connectivity index (χ3v) is 4.60. The summed E-state index contributed by atoms with van der Waals surface area (Å²) in [6.45, 7) is 10.3. The van der Waals surface area contributed by atoms with E-state index in [1.54, 1.807) is 0 Å². The first-order valence-electron chi connectivity index (χ1n) is 7.35. The number of benzene rings is 1. The summed E-state index contributed by atoms with van der Waals surface area (Å²) in [5.74, 6) is 0.765. The van der Waals surface area contributed by atoms with Crippen LogP contribution in [-0.4, -0.2) is 30.6 Å². The minimum Gasteiger partial charge on any atom is -0.382 e. The molecule has 1 atom stereocenters. The van der Waals surface area contributed by atoms with Crippen LogP contribution in [0.25, 0.3) is 0 Å². The number of likely N-dealkylation sites (tertiary alicyclic amines) is 1. The van der Waals surface area contributed by atoms with Crippen LogP contribution < -0.4 is 5.32 Å². The molecule has 1 aliphatic rings. The molecular weight excluding hydrogens is 256 g/mol. The average molecular weight is 281 g/mol. The summed E-state index contributed by atoms with van der Waals surface area (Å²) in [5, 5.41) is 4.46. The fraction of sp³-hybridized carbons (Fsp3) is 0.625. The number of anilines is 1. The zero-order valence-corrected chi connectivity index (χ0v) is 13.0. The maximum Gasteiger partial charge on any atom is 0.0426 e. The van der Waals surface area contributed by atoms with Gasteiger partial charge in [-0.1, -0.05) is 24.6 Å². The Hall–Kier alpha value is -0.730. The number of aryl methyl sites for hydroxylation is 1. The molecular formula is C16H25ClN2. The predicted octanol–water partition coefficient (Wildman–Crippen LogP) is 4.18. The second-order valence-electron chi connectivity index (χ2n) is 5.66. The Balaban J connectivity index is 1.94. The van der Waals surface area contributed by atoms with E-state index in [2.05, 4.69) is 37.1 Å². The zero-order chi connectivity index (χ0) is 13.8. The second kappa shape index (κ2) is 6.62. The van der Waals surface area contributed by atoms with Gasteiger partial charge >= 0.3 is 0 Å². The van der Waals surface area contributed by atoms with Gasteiger partial charge in [0, 0.05) is 16.8 Å². The predicted molar refractivity (Wildman–Crippen MR) is 84.1 cm³/mol. The summed E-state index contributed by atoms with van der Waals surface area (Å²) >= 11 is 6.08. The molecule has 0 bridgehead atoms. The molecule has 2 rings (SSSR count). The van der Waals surface area contributed by atoms with E-state index in [4.69, 9.17) is 11.6 Å². The van der Waals surface area contributed by atoms with E-state index < -0.39 is 0 Å². The first kappa shape index (κ1) is 14.7. The highest BCUT2D eigenvalue weighted by Crippen LogP contribution is 2.26. The van der Waals surface area contributed by atoms with Crippen LogP contribution in [0.4, 0.5) is 5.69 Å². The van der Waals surface area contributed by atoms with Crippen molar-refractivity contribution in [3.8, 4) is 0 Å². The van der Waals surface area contributed by atoms with Gasteiger partial charge in [0.25, 0.3) is 0 Å². The molecule has 1 N–H and O–H groups in total. The van der Waals surface area contributed by atoms with Crippen molar-refractivity contribution >= 4 is 17.3 Å². The van der Waals surface area contributed by atoms with Gasteiger partial charge in [-0.15, -0.1) is 0 Å². The van der Waals surface area contributed by atoms with Gasteiger partial charge in [0.1, 0.15) is 0 Å². The van der Waals surface area contributed by atoms with Gasteiger partial charge < -0.3 is 10.2 Å². The number of hydrogen-bond donors (Lipinski definition) is 1. The zero-order valence-electron chi connectivity index (χ0n) is 12.2. The Morgan fingerprint density at radius 2 is 2.05 bits per heavy atom. The summed E-state index contributed by atoms with van der Waals surface area (Å²) < 4.78 is 0. The van der Waals surface area contributed by atoms with Crippen molar-refractivity contribution in [2.45, 2.75) is 39.7 Å². The molecule has 0 amide bonds. The van der Waals surface area contributed by atoms with Crippen molar-refractivity contribution in [2.75, 3.05) is 25.0 Å². The smallest absolute Gasteiger partial charge is 0.0426 e. The molecule has 1 unspecified atom stereocenters. The molecule has 0 saturated carbocycles. The standard InChI is InChI=1S/C16H25ClN2/c1-4-19-9-7-14(8-10-19)13(3)18-16-11-15(17)6-5-12(16)2/h5-6,11,13-14,18H,4,7-10H2,1-3H3. The monoisotopic (exact) mass is 280 g/mol. The number of nitrogens with one attached hydrogen (secondary N) is 1. The quantitative estimate of drug-likeness (QED) is 0.890. The Morgan fingerprint density at radius 1 is 1.37 bits per heavy atom. The number of piperidine rings is 1. The highest BCUT2D eigenvalue weighted by molar-refractivity contribution is 6.30. The van der Waals surface area contributed by atoms with Crippen LogP contribution in [0.3, 0.4) is 0 Å². The molecule has 2 nitrogen and oxygen atoms in total. The molecule has 0 aromatic heterocycles. The lowest BCUT2D eigenvalue weighted by Gasteiger charge is -2.35. The molecule has 1 aliphatic heterocycles. The van der Waals surface area contributed by atoms with E-state index in [0.717, 1.165) is 10.9 Å². The Morgan fingerprint density at radius 3 is 2.68 bits per heavy atom. The fourth-order valence-electron chi connectivity index (χ4n) is 2.88. The molecule has 1 fully saturated rings. The van der Waals surface area contributed by atoms with Crippen molar-refractivity contribution in [3.05, 3.63) is 28.8 Å². The van der Waals surface area contributed by atoms with Crippen molar-refractivity contribution in [1.29, 1.82) is 0 Å². The Labute approximate surface area is 122 Å². The van der Waals surface area contributed by atoms with E-state index in [1.807, 2.05) is 12.1 Å². The fourth-order valence-corrected chi connectivity index (χ4v) is 3.05. The molecule has 1 aromatic carbocycles.